The van der Waals surface area contributed by atoms with Gasteiger partial charge in [0.15, 0.2) is 0 Å². The third kappa shape index (κ3) is 2.11. The second-order valence-electron chi connectivity index (χ2n) is 3.28. The maximum atomic E-state index is 12.5. The lowest BCUT2D eigenvalue weighted by Crippen LogP contribution is -2.66. The zero-order valence-corrected chi connectivity index (χ0v) is 8.36. The van der Waals surface area contributed by atoms with E-state index >= 15 is 0 Å². The van der Waals surface area contributed by atoms with E-state index in [-0.39, 0.29) is 6.92 Å². The number of hydrogen-bond donors (Lipinski definition) is 0. The fraction of sp³-hybridized carbons (Fsp3) is 1.00. The number of rotatable bonds is 4. The highest BCUT2D eigenvalue weighted by Crippen LogP contribution is 2.57. The molecule has 0 aromatic heterocycles. The van der Waals surface area contributed by atoms with Gasteiger partial charge in [-0.05, 0) is 0 Å². The van der Waals surface area contributed by atoms with Crippen LogP contribution in [0.2, 0.25) is 0 Å². The minimum absolute atomic E-state index is 0.232. The van der Waals surface area contributed by atoms with Gasteiger partial charge in [-0.1, -0.05) is 6.92 Å². The highest BCUT2D eigenvalue weighted by molar-refractivity contribution is 5.05. The Bertz CT molecular complexity index is 299. The van der Waals surface area contributed by atoms with Gasteiger partial charge in [-0.25, -0.2) is 0 Å². The molecule has 0 unspecified atom stereocenters. The number of halogens is 11. The maximum Gasteiger partial charge on any atom is 0.460 e. The Balaban J connectivity index is 5.80. The highest BCUT2D eigenvalue weighted by Gasteiger charge is 2.86. The van der Waals surface area contributed by atoms with Crippen LogP contribution in [0.1, 0.15) is 13.3 Å². The SMILES string of the molecule is CCC(F)(F)C(F)(F)C(F)(F)C(F)(F)C(F)(F)F. The van der Waals surface area contributed by atoms with Crippen molar-refractivity contribution in [3.63, 3.8) is 0 Å². The van der Waals surface area contributed by atoms with E-state index in [2.05, 4.69) is 0 Å². The first-order valence-corrected chi connectivity index (χ1v) is 4.14. The summed E-state index contributed by atoms with van der Waals surface area (Å²) in [5, 5.41) is 0. The average Bonchev–Trinajstić information content (AvgIpc) is 2.15. The molecule has 0 aliphatic carbocycles. The van der Waals surface area contributed by atoms with Crippen LogP contribution in [-0.2, 0) is 0 Å². The second-order valence-corrected chi connectivity index (χ2v) is 3.28. The van der Waals surface area contributed by atoms with Gasteiger partial charge in [0.1, 0.15) is 0 Å². The van der Waals surface area contributed by atoms with Gasteiger partial charge in [0.05, 0.1) is 0 Å². The van der Waals surface area contributed by atoms with E-state index in [0.29, 0.717) is 0 Å². The molecule has 0 spiro atoms. The summed E-state index contributed by atoms with van der Waals surface area (Å²) in [6, 6.07) is 0. The first-order valence-electron chi connectivity index (χ1n) is 4.14. The molecule has 0 fully saturated rings. The fourth-order valence-electron chi connectivity index (χ4n) is 0.827. The molecule has 110 valence electrons. The smallest absolute Gasteiger partial charge is 0.200 e. The summed E-state index contributed by atoms with van der Waals surface area (Å²) < 4.78 is 134. The lowest BCUT2D eigenvalue weighted by Gasteiger charge is -2.36. The van der Waals surface area contributed by atoms with Crippen molar-refractivity contribution in [1.29, 1.82) is 0 Å². The molecule has 0 atom stereocenters. The Hall–Kier alpha value is -0.770. The molecule has 0 amide bonds. The zero-order chi connectivity index (χ0) is 15.2. The molecule has 0 saturated carbocycles. The topological polar surface area (TPSA) is 0 Å². The van der Waals surface area contributed by atoms with E-state index < -0.39 is 36.3 Å². The lowest BCUT2D eigenvalue weighted by atomic mass is 9.97. The average molecular weight is 298 g/mol. The molecule has 0 radical (unpaired) electrons. The van der Waals surface area contributed by atoms with Gasteiger partial charge in [0.25, 0.3) is 0 Å². The van der Waals surface area contributed by atoms with Crippen molar-refractivity contribution in [1.82, 2.24) is 0 Å². The van der Waals surface area contributed by atoms with Crippen LogP contribution in [-0.4, -0.2) is 29.9 Å². The summed E-state index contributed by atoms with van der Waals surface area (Å²) in [6.07, 6.45) is -9.13. The van der Waals surface area contributed by atoms with Gasteiger partial charge in [0.2, 0.25) is 0 Å². The summed E-state index contributed by atoms with van der Waals surface area (Å²) >= 11 is 0. The third-order valence-electron chi connectivity index (χ3n) is 2.05. The van der Waals surface area contributed by atoms with Crippen LogP contribution < -0.4 is 0 Å². The van der Waals surface area contributed by atoms with E-state index in [1.165, 1.54) is 0 Å². The summed E-state index contributed by atoms with van der Waals surface area (Å²) in [7, 11) is 0. The number of hydrogen-bond acceptors (Lipinski definition) is 0. The van der Waals surface area contributed by atoms with Crippen LogP contribution in [0, 0.1) is 0 Å². The molecular formula is C7H5F11. The summed E-state index contributed by atoms with van der Waals surface area (Å²) in [5.74, 6) is -27.1. The highest BCUT2D eigenvalue weighted by atomic mass is 19.4. The Morgan fingerprint density at radius 3 is 1.11 bits per heavy atom. The van der Waals surface area contributed by atoms with E-state index in [9.17, 15) is 48.3 Å². The molecule has 0 rings (SSSR count). The molecule has 0 nitrogen and oxygen atoms in total. The quantitative estimate of drug-likeness (QED) is 0.670. The normalized spacial score (nSPS) is 16.0. The predicted molar refractivity (Wildman–Crippen MR) is 36.1 cm³/mol. The molecule has 0 aromatic carbocycles. The van der Waals surface area contributed by atoms with Crippen LogP contribution >= 0.6 is 0 Å². The lowest BCUT2D eigenvalue weighted by molar-refractivity contribution is -0.422. The maximum absolute atomic E-state index is 12.5. The van der Waals surface area contributed by atoms with E-state index in [0.717, 1.165) is 0 Å². The Morgan fingerprint density at radius 1 is 0.556 bits per heavy atom. The molecule has 0 N–H and O–H groups in total. The van der Waals surface area contributed by atoms with Gasteiger partial charge in [-0.2, -0.15) is 48.3 Å². The molecule has 18 heavy (non-hydrogen) atoms. The largest absolute Gasteiger partial charge is 0.460 e. The van der Waals surface area contributed by atoms with E-state index in [4.69, 9.17) is 0 Å². The molecular weight excluding hydrogens is 293 g/mol. The fourth-order valence-corrected chi connectivity index (χ4v) is 0.827. The Kier molecular flexibility index (Phi) is 3.94. The van der Waals surface area contributed by atoms with Crippen molar-refractivity contribution in [2.45, 2.75) is 43.2 Å². The van der Waals surface area contributed by atoms with Crippen molar-refractivity contribution in [2.75, 3.05) is 0 Å². The summed E-state index contributed by atoms with van der Waals surface area (Å²) in [4.78, 5) is 0. The minimum atomic E-state index is -7.29. The van der Waals surface area contributed by atoms with Gasteiger partial charge in [-0.15, -0.1) is 0 Å². The Morgan fingerprint density at radius 2 is 0.889 bits per heavy atom. The molecule has 0 bridgehead atoms. The van der Waals surface area contributed by atoms with Crippen molar-refractivity contribution in [2.24, 2.45) is 0 Å². The van der Waals surface area contributed by atoms with Crippen molar-refractivity contribution in [3.8, 4) is 0 Å². The minimum Gasteiger partial charge on any atom is -0.200 e. The molecule has 11 heteroatoms. The number of alkyl halides is 11. The van der Waals surface area contributed by atoms with Crippen LogP contribution in [0.5, 0.6) is 0 Å². The molecule has 0 heterocycles. The molecule has 0 saturated heterocycles. The molecule has 0 aliphatic heterocycles. The van der Waals surface area contributed by atoms with Crippen molar-refractivity contribution in [3.05, 3.63) is 0 Å². The van der Waals surface area contributed by atoms with E-state index in [1.54, 1.807) is 0 Å². The Labute approximate surface area is 92.7 Å². The van der Waals surface area contributed by atoms with Gasteiger partial charge in [-0.3, -0.25) is 0 Å². The summed E-state index contributed by atoms with van der Waals surface area (Å²) in [5.41, 5.74) is 0. The first kappa shape index (κ1) is 17.2. The monoisotopic (exact) mass is 298 g/mol. The zero-order valence-electron chi connectivity index (χ0n) is 8.36. The first-order chi connectivity index (χ1) is 7.56. The third-order valence-corrected chi connectivity index (χ3v) is 2.05. The van der Waals surface area contributed by atoms with Crippen molar-refractivity contribution >= 4 is 0 Å². The van der Waals surface area contributed by atoms with Crippen LogP contribution in [0.15, 0.2) is 0 Å². The van der Waals surface area contributed by atoms with Crippen LogP contribution in [0.25, 0.3) is 0 Å². The van der Waals surface area contributed by atoms with Crippen LogP contribution in [0.3, 0.4) is 0 Å². The van der Waals surface area contributed by atoms with Crippen molar-refractivity contribution < 1.29 is 48.3 Å². The molecule has 0 aromatic rings. The standard InChI is InChI=1S/C7H5F11/c1-2-3(8,9)4(10,11)5(12,13)6(14,15)7(16,17)18/h2H2,1H3. The molecule has 0 aliphatic rings. The van der Waals surface area contributed by atoms with Gasteiger partial charge in [0, 0.05) is 6.42 Å². The van der Waals surface area contributed by atoms with Gasteiger partial charge >= 0.3 is 29.9 Å². The van der Waals surface area contributed by atoms with E-state index in [1.807, 2.05) is 0 Å². The predicted octanol–water partition coefficient (Wildman–Crippen LogP) is 4.50. The second kappa shape index (κ2) is 4.12. The van der Waals surface area contributed by atoms with Crippen LogP contribution in [0.4, 0.5) is 48.3 Å². The van der Waals surface area contributed by atoms with Gasteiger partial charge < -0.3 is 0 Å². The summed E-state index contributed by atoms with van der Waals surface area (Å²) in [6.45, 7) is 0.232.